The first-order valence-electron chi connectivity index (χ1n) is 6.41. The van der Waals surface area contributed by atoms with Gasteiger partial charge in [-0.15, -0.1) is 0 Å². The second-order valence-corrected chi connectivity index (χ2v) is 5.91. The first-order valence-corrected chi connectivity index (χ1v) is 7.58. The fourth-order valence-corrected chi connectivity index (χ4v) is 2.78. The van der Waals surface area contributed by atoms with Gasteiger partial charge in [0.25, 0.3) is 0 Å². The van der Waals surface area contributed by atoms with Crippen LogP contribution in [0.3, 0.4) is 0 Å². The molecule has 2 nitrogen and oxygen atoms in total. The quantitative estimate of drug-likeness (QED) is 0.819. The Balaban J connectivity index is 2.02. The molecule has 4 heteroatoms. The molecule has 1 atom stereocenters. The Bertz CT molecular complexity index is 588. The maximum absolute atomic E-state index is 5.94. The molecule has 2 rings (SSSR count). The van der Waals surface area contributed by atoms with Crippen molar-refractivity contribution in [1.82, 2.24) is 5.32 Å². The Hall–Kier alpha value is -1.03. The van der Waals surface area contributed by atoms with E-state index in [4.69, 9.17) is 16.3 Å². The standard InChI is InChI=1S/C16H17BrClNO/c1-11(12-4-3-5-15(8-12)20-2)19-10-13-6-7-14(18)9-16(13)17/h3-9,11,19H,10H2,1-2H3. The van der Waals surface area contributed by atoms with Crippen LogP contribution in [0.1, 0.15) is 24.1 Å². The van der Waals surface area contributed by atoms with Gasteiger partial charge in [0.15, 0.2) is 0 Å². The van der Waals surface area contributed by atoms with Crippen LogP contribution in [0.25, 0.3) is 0 Å². The Morgan fingerprint density at radius 3 is 2.75 bits per heavy atom. The summed E-state index contributed by atoms with van der Waals surface area (Å²) in [5.41, 5.74) is 2.39. The van der Waals surface area contributed by atoms with Crippen molar-refractivity contribution in [2.24, 2.45) is 0 Å². The van der Waals surface area contributed by atoms with E-state index in [0.29, 0.717) is 0 Å². The summed E-state index contributed by atoms with van der Waals surface area (Å²) in [5, 5.41) is 4.24. The van der Waals surface area contributed by atoms with Gasteiger partial charge in [0.05, 0.1) is 7.11 Å². The molecule has 0 saturated carbocycles. The molecule has 0 aliphatic carbocycles. The van der Waals surface area contributed by atoms with Crippen molar-refractivity contribution in [3.05, 3.63) is 63.1 Å². The van der Waals surface area contributed by atoms with E-state index in [1.54, 1.807) is 7.11 Å². The minimum Gasteiger partial charge on any atom is -0.497 e. The maximum atomic E-state index is 5.94. The van der Waals surface area contributed by atoms with Crippen molar-refractivity contribution in [3.8, 4) is 5.75 Å². The lowest BCUT2D eigenvalue weighted by molar-refractivity contribution is 0.413. The number of ether oxygens (including phenoxy) is 1. The van der Waals surface area contributed by atoms with Gasteiger partial charge in [-0.1, -0.05) is 45.7 Å². The molecule has 106 valence electrons. The van der Waals surface area contributed by atoms with Crippen molar-refractivity contribution in [1.29, 1.82) is 0 Å². The number of methoxy groups -OCH3 is 1. The third-order valence-corrected chi connectivity index (χ3v) is 4.18. The van der Waals surface area contributed by atoms with E-state index in [1.165, 1.54) is 11.1 Å². The highest BCUT2D eigenvalue weighted by Gasteiger charge is 2.07. The van der Waals surface area contributed by atoms with Crippen LogP contribution in [0.5, 0.6) is 5.75 Å². The molecule has 1 unspecified atom stereocenters. The zero-order chi connectivity index (χ0) is 14.5. The van der Waals surface area contributed by atoms with E-state index in [0.717, 1.165) is 21.8 Å². The Kier molecular flexibility index (Phi) is 5.46. The van der Waals surface area contributed by atoms with Crippen molar-refractivity contribution >= 4 is 27.5 Å². The monoisotopic (exact) mass is 353 g/mol. The Morgan fingerprint density at radius 1 is 1.25 bits per heavy atom. The smallest absolute Gasteiger partial charge is 0.119 e. The lowest BCUT2D eigenvalue weighted by atomic mass is 10.1. The first kappa shape index (κ1) is 15.4. The lowest BCUT2D eigenvalue weighted by Crippen LogP contribution is -2.18. The SMILES string of the molecule is COc1cccc(C(C)NCc2ccc(Cl)cc2Br)c1. The molecular formula is C16H17BrClNO. The van der Waals surface area contributed by atoms with Gasteiger partial charge in [-0.05, 0) is 42.3 Å². The molecule has 0 aliphatic heterocycles. The van der Waals surface area contributed by atoms with Crippen molar-refractivity contribution in [2.45, 2.75) is 19.5 Å². The molecule has 0 saturated heterocycles. The van der Waals surface area contributed by atoms with E-state index >= 15 is 0 Å². The topological polar surface area (TPSA) is 21.3 Å². The van der Waals surface area contributed by atoms with Crippen LogP contribution in [0.4, 0.5) is 0 Å². The van der Waals surface area contributed by atoms with Crippen LogP contribution >= 0.6 is 27.5 Å². The molecule has 0 heterocycles. The van der Waals surface area contributed by atoms with Crippen LogP contribution in [0.15, 0.2) is 46.9 Å². The van der Waals surface area contributed by atoms with Crippen LogP contribution in [0, 0.1) is 0 Å². The van der Waals surface area contributed by atoms with Crippen LogP contribution in [-0.4, -0.2) is 7.11 Å². The van der Waals surface area contributed by atoms with Gasteiger partial charge in [-0.3, -0.25) is 0 Å². The second-order valence-electron chi connectivity index (χ2n) is 4.61. The minimum absolute atomic E-state index is 0.243. The average Bonchev–Trinajstić information content (AvgIpc) is 2.46. The summed E-state index contributed by atoms with van der Waals surface area (Å²) in [6.45, 7) is 2.91. The highest BCUT2D eigenvalue weighted by Crippen LogP contribution is 2.23. The maximum Gasteiger partial charge on any atom is 0.119 e. The summed E-state index contributed by atoms with van der Waals surface area (Å²) in [4.78, 5) is 0. The van der Waals surface area contributed by atoms with E-state index in [2.05, 4.69) is 40.3 Å². The van der Waals surface area contributed by atoms with E-state index in [-0.39, 0.29) is 6.04 Å². The van der Waals surface area contributed by atoms with Gasteiger partial charge in [0, 0.05) is 22.1 Å². The zero-order valence-corrected chi connectivity index (χ0v) is 13.8. The van der Waals surface area contributed by atoms with Gasteiger partial charge >= 0.3 is 0 Å². The second kappa shape index (κ2) is 7.11. The average molecular weight is 355 g/mol. The molecule has 0 amide bonds. The van der Waals surface area contributed by atoms with Crippen LogP contribution in [-0.2, 0) is 6.54 Å². The van der Waals surface area contributed by atoms with E-state index in [1.807, 2.05) is 30.3 Å². The third-order valence-electron chi connectivity index (χ3n) is 3.21. The van der Waals surface area contributed by atoms with Gasteiger partial charge in [0.1, 0.15) is 5.75 Å². The largest absolute Gasteiger partial charge is 0.497 e. The molecular weight excluding hydrogens is 338 g/mol. The van der Waals surface area contributed by atoms with E-state index < -0.39 is 0 Å². The Morgan fingerprint density at radius 2 is 2.05 bits per heavy atom. The first-order chi connectivity index (χ1) is 9.60. The van der Waals surface area contributed by atoms with E-state index in [9.17, 15) is 0 Å². The summed E-state index contributed by atoms with van der Waals surface area (Å²) < 4.78 is 6.27. The number of benzene rings is 2. The zero-order valence-electron chi connectivity index (χ0n) is 11.5. The lowest BCUT2D eigenvalue weighted by Gasteiger charge is -2.16. The molecule has 0 spiro atoms. The highest BCUT2D eigenvalue weighted by molar-refractivity contribution is 9.10. The van der Waals surface area contributed by atoms with Gasteiger partial charge in [0.2, 0.25) is 0 Å². The number of hydrogen-bond donors (Lipinski definition) is 1. The number of hydrogen-bond acceptors (Lipinski definition) is 2. The summed E-state index contributed by atoms with van der Waals surface area (Å²) in [6.07, 6.45) is 0. The molecule has 2 aromatic carbocycles. The molecule has 1 N–H and O–H groups in total. The van der Waals surface area contributed by atoms with Gasteiger partial charge < -0.3 is 10.1 Å². The normalized spacial score (nSPS) is 12.2. The molecule has 2 aromatic rings. The fourth-order valence-electron chi connectivity index (χ4n) is 1.96. The minimum atomic E-state index is 0.243. The number of nitrogens with one attached hydrogen (secondary N) is 1. The summed E-state index contributed by atoms with van der Waals surface area (Å²) >= 11 is 9.48. The third kappa shape index (κ3) is 3.98. The van der Waals surface area contributed by atoms with Crippen LogP contribution < -0.4 is 10.1 Å². The van der Waals surface area contributed by atoms with Gasteiger partial charge in [-0.25, -0.2) is 0 Å². The Labute approximate surface area is 133 Å². The predicted molar refractivity (Wildman–Crippen MR) is 87.4 cm³/mol. The summed E-state index contributed by atoms with van der Waals surface area (Å²) in [7, 11) is 1.68. The van der Waals surface area contributed by atoms with Crippen molar-refractivity contribution in [3.63, 3.8) is 0 Å². The van der Waals surface area contributed by atoms with Crippen molar-refractivity contribution in [2.75, 3.05) is 7.11 Å². The summed E-state index contributed by atoms with van der Waals surface area (Å²) in [6, 6.07) is 14.2. The molecule has 20 heavy (non-hydrogen) atoms. The molecule has 0 radical (unpaired) electrons. The predicted octanol–water partition coefficient (Wildman–Crippen LogP) is 4.96. The van der Waals surface area contributed by atoms with Crippen molar-refractivity contribution < 1.29 is 4.74 Å². The molecule has 0 fully saturated rings. The molecule has 0 aromatic heterocycles. The van der Waals surface area contributed by atoms with Gasteiger partial charge in [-0.2, -0.15) is 0 Å². The van der Waals surface area contributed by atoms with Crippen LogP contribution in [0.2, 0.25) is 5.02 Å². The fraction of sp³-hybridized carbons (Fsp3) is 0.250. The number of rotatable bonds is 5. The summed E-state index contributed by atoms with van der Waals surface area (Å²) in [5.74, 6) is 0.879. The highest BCUT2D eigenvalue weighted by atomic mass is 79.9. The molecule has 0 aliphatic rings. The number of halogens is 2. The molecule has 0 bridgehead atoms.